The van der Waals surface area contributed by atoms with Gasteiger partial charge in [0.1, 0.15) is 16.6 Å². The molecule has 1 aliphatic rings. The highest BCUT2D eigenvalue weighted by Gasteiger charge is 2.33. The Balaban J connectivity index is 2.12. The molecule has 6 heteroatoms. The summed E-state index contributed by atoms with van der Waals surface area (Å²) in [6, 6.07) is 6.73. The number of methoxy groups -OCH3 is 1. The van der Waals surface area contributed by atoms with Gasteiger partial charge in [-0.2, -0.15) is 0 Å². The van der Waals surface area contributed by atoms with Crippen LogP contribution in [0.25, 0.3) is 10.8 Å². The molecule has 3 rings (SSSR count). The number of rotatable bonds is 3. The molecule has 1 fully saturated rings. The van der Waals surface area contributed by atoms with Crippen molar-refractivity contribution in [2.45, 2.75) is 25.8 Å². The average molecular weight is 333 g/mol. The molecule has 0 aliphatic carbocycles. The maximum absolute atomic E-state index is 12.9. The molecular weight excluding hydrogens is 316 g/mol. The molecule has 1 amide bonds. The van der Waals surface area contributed by atoms with Crippen molar-refractivity contribution in [1.29, 1.82) is 0 Å². The molecule has 2 aromatic rings. The van der Waals surface area contributed by atoms with E-state index in [1.165, 1.54) is 6.92 Å². The number of carbonyl (C=O) groups excluding carboxylic acids is 2. The summed E-state index contributed by atoms with van der Waals surface area (Å²) in [5, 5.41) is 1.63. The van der Waals surface area contributed by atoms with Crippen LogP contribution in [0.4, 0.5) is 0 Å². The van der Waals surface area contributed by atoms with Crippen molar-refractivity contribution in [1.82, 2.24) is 9.88 Å². The number of amides is 1. The topological polar surface area (TPSA) is 59.5 Å². The van der Waals surface area contributed by atoms with Crippen molar-refractivity contribution in [3.05, 3.63) is 35.1 Å². The highest BCUT2D eigenvalue weighted by Crippen LogP contribution is 2.31. The first-order chi connectivity index (χ1) is 11.0. The van der Waals surface area contributed by atoms with Crippen LogP contribution in [0, 0.1) is 0 Å². The first-order valence-corrected chi connectivity index (χ1v) is 7.85. The van der Waals surface area contributed by atoms with E-state index in [0.717, 1.165) is 11.8 Å². The standard InChI is InChI=1S/C17H17ClN2O3/c1-10(21)13-6-4-8-20(13)17(22)16-11-5-3-7-14(23-2)12(11)9-15(18)19-16/h3,5,7,9,13H,4,6,8H2,1-2H3/t13-/m0/s1. The van der Waals surface area contributed by atoms with Gasteiger partial charge in [0.15, 0.2) is 5.78 Å². The van der Waals surface area contributed by atoms with E-state index >= 15 is 0 Å². The second-order valence-electron chi connectivity index (χ2n) is 5.62. The molecule has 1 saturated heterocycles. The minimum Gasteiger partial charge on any atom is -0.496 e. The van der Waals surface area contributed by atoms with Crippen molar-refractivity contribution < 1.29 is 14.3 Å². The molecule has 1 aliphatic heterocycles. The number of aromatic nitrogens is 1. The van der Waals surface area contributed by atoms with E-state index in [1.807, 2.05) is 6.07 Å². The number of pyridine rings is 1. The number of Topliss-reactive ketones (excluding diaryl/α,β-unsaturated/α-hetero) is 1. The lowest BCUT2D eigenvalue weighted by Gasteiger charge is -2.23. The van der Waals surface area contributed by atoms with E-state index in [0.29, 0.717) is 24.1 Å². The summed E-state index contributed by atoms with van der Waals surface area (Å²) in [6.45, 7) is 2.07. The van der Waals surface area contributed by atoms with E-state index in [4.69, 9.17) is 16.3 Å². The Morgan fingerprint density at radius 2 is 2.13 bits per heavy atom. The Morgan fingerprint density at radius 3 is 2.83 bits per heavy atom. The molecule has 1 aromatic carbocycles. The van der Waals surface area contributed by atoms with Crippen molar-refractivity contribution in [3.8, 4) is 5.75 Å². The van der Waals surface area contributed by atoms with E-state index in [-0.39, 0.29) is 28.6 Å². The zero-order valence-electron chi connectivity index (χ0n) is 13.0. The minimum atomic E-state index is -0.371. The van der Waals surface area contributed by atoms with Gasteiger partial charge >= 0.3 is 0 Å². The molecule has 5 nitrogen and oxygen atoms in total. The van der Waals surface area contributed by atoms with Crippen molar-refractivity contribution in [2.24, 2.45) is 0 Å². The fourth-order valence-electron chi connectivity index (χ4n) is 3.13. The first kappa shape index (κ1) is 15.7. The normalized spacial score (nSPS) is 17.5. The monoisotopic (exact) mass is 332 g/mol. The van der Waals surface area contributed by atoms with Gasteiger partial charge in [-0.15, -0.1) is 0 Å². The average Bonchev–Trinajstić information content (AvgIpc) is 3.02. The van der Waals surface area contributed by atoms with E-state index < -0.39 is 0 Å². The number of hydrogen-bond acceptors (Lipinski definition) is 4. The summed E-state index contributed by atoms with van der Waals surface area (Å²) in [5.41, 5.74) is 0.263. The maximum atomic E-state index is 12.9. The minimum absolute atomic E-state index is 0.000218. The molecule has 1 atom stereocenters. The van der Waals surface area contributed by atoms with Gasteiger partial charge in [-0.05, 0) is 31.9 Å². The van der Waals surface area contributed by atoms with Crippen LogP contribution in [-0.4, -0.2) is 41.3 Å². The summed E-state index contributed by atoms with van der Waals surface area (Å²) >= 11 is 6.10. The highest BCUT2D eigenvalue weighted by atomic mass is 35.5. The lowest BCUT2D eigenvalue weighted by atomic mass is 10.1. The van der Waals surface area contributed by atoms with Gasteiger partial charge in [0.25, 0.3) is 5.91 Å². The predicted molar refractivity (Wildman–Crippen MR) is 88.0 cm³/mol. The van der Waals surface area contributed by atoms with Crippen LogP contribution in [-0.2, 0) is 4.79 Å². The maximum Gasteiger partial charge on any atom is 0.273 e. The van der Waals surface area contributed by atoms with E-state index in [1.54, 1.807) is 30.2 Å². The van der Waals surface area contributed by atoms with Crippen LogP contribution in [0.5, 0.6) is 5.75 Å². The van der Waals surface area contributed by atoms with Crippen LogP contribution in [0.2, 0.25) is 5.15 Å². The molecule has 1 aromatic heterocycles. The van der Waals surface area contributed by atoms with Crippen LogP contribution in [0.3, 0.4) is 0 Å². The van der Waals surface area contributed by atoms with Gasteiger partial charge in [0.2, 0.25) is 0 Å². The lowest BCUT2D eigenvalue weighted by Crippen LogP contribution is -2.40. The number of fused-ring (bicyclic) bond motifs is 1. The third-order valence-electron chi connectivity index (χ3n) is 4.21. The Bertz CT molecular complexity index is 791. The van der Waals surface area contributed by atoms with Gasteiger partial charge in [-0.3, -0.25) is 9.59 Å². The number of ether oxygens (including phenoxy) is 1. The van der Waals surface area contributed by atoms with Gasteiger partial charge in [0, 0.05) is 17.3 Å². The molecule has 0 bridgehead atoms. The SMILES string of the molecule is COc1cccc2c(C(=O)N3CCC[C@H]3C(C)=O)nc(Cl)cc12. The number of halogens is 1. The molecule has 0 unspecified atom stereocenters. The summed E-state index contributed by atoms with van der Waals surface area (Å²) < 4.78 is 5.34. The van der Waals surface area contributed by atoms with Crippen molar-refractivity contribution in [2.75, 3.05) is 13.7 Å². The van der Waals surface area contributed by atoms with Gasteiger partial charge in [-0.1, -0.05) is 23.7 Å². The number of carbonyl (C=O) groups is 2. The molecular formula is C17H17ClN2O3. The Morgan fingerprint density at radius 1 is 1.35 bits per heavy atom. The Labute approximate surface area is 139 Å². The molecule has 0 radical (unpaired) electrons. The smallest absolute Gasteiger partial charge is 0.273 e. The molecule has 120 valence electrons. The van der Waals surface area contributed by atoms with Crippen LogP contribution >= 0.6 is 11.6 Å². The fourth-order valence-corrected chi connectivity index (χ4v) is 3.32. The summed E-state index contributed by atoms with van der Waals surface area (Å²) in [4.78, 5) is 30.5. The number of ketones is 1. The van der Waals surface area contributed by atoms with Crippen molar-refractivity contribution in [3.63, 3.8) is 0 Å². The highest BCUT2D eigenvalue weighted by molar-refractivity contribution is 6.30. The van der Waals surface area contributed by atoms with Gasteiger partial charge in [0.05, 0.1) is 13.2 Å². The van der Waals surface area contributed by atoms with Crippen LogP contribution in [0.1, 0.15) is 30.3 Å². The third kappa shape index (κ3) is 2.77. The second kappa shape index (κ2) is 6.16. The van der Waals surface area contributed by atoms with Crippen LogP contribution < -0.4 is 4.74 Å². The largest absolute Gasteiger partial charge is 0.496 e. The lowest BCUT2D eigenvalue weighted by molar-refractivity contribution is -0.120. The van der Waals surface area contributed by atoms with E-state index in [9.17, 15) is 9.59 Å². The molecule has 0 spiro atoms. The number of nitrogens with zero attached hydrogens (tertiary/aromatic N) is 2. The number of hydrogen-bond donors (Lipinski definition) is 0. The third-order valence-corrected chi connectivity index (χ3v) is 4.40. The molecule has 0 N–H and O–H groups in total. The zero-order valence-corrected chi connectivity index (χ0v) is 13.8. The van der Waals surface area contributed by atoms with Crippen molar-refractivity contribution >= 4 is 34.1 Å². The van der Waals surface area contributed by atoms with E-state index in [2.05, 4.69) is 4.98 Å². The number of benzene rings is 1. The zero-order chi connectivity index (χ0) is 16.6. The number of likely N-dealkylation sites (tertiary alicyclic amines) is 1. The van der Waals surface area contributed by atoms with Crippen LogP contribution in [0.15, 0.2) is 24.3 Å². The Hall–Kier alpha value is -2.14. The summed E-state index contributed by atoms with van der Waals surface area (Å²) in [5.74, 6) is 0.369. The predicted octanol–water partition coefficient (Wildman–Crippen LogP) is 3.09. The Kier molecular flexibility index (Phi) is 4.22. The summed E-state index contributed by atoms with van der Waals surface area (Å²) in [7, 11) is 1.57. The quantitative estimate of drug-likeness (QED) is 0.810. The summed E-state index contributed by atoms with van der Waals surface area (Å²) in [6.07, 6.45) is 1.51. The second-order valence-corrected chi connectivity index (χ2v) is 6.00. The fraction of sp³-hybridized carbons (Fsp3) is 0.353. The first-order valence-electron chi connectivity index (χ1n) is 7.47. The van der Waals surface area contributed by atoms with Gasteiger partial charge in [-0.25, -0.2) is 4.98 Å². The molecule has 2 heterocycles. The molecule has 0 saturated carbocycles. The van der Waals surface area contributed by atoms with Gasteiger partial charge < -0.3 is 9.64 Å². The molecule has 23 heavy (non-hydrogen) atoms.